The molecule has 0 radical (unpaired) electrons. The fraction of sp³-hybridized carbons (Fsp3) is 0.154. The van der Waals surface area contributed by atoms with Crippen LogP contribution in [0.3, 0.4) is 0 Å². The summed E-state index contributed by atoms with van der Waals surface area (Å²) in [5.74, 6) is 0.125. The summed E-state index contributed by atoms with van der Waals surface area (Å²) in [5, 5.41) is 4.59. The number of carbonyl (C=O) groups excluding carboxylic acids is 2. The number of hydrogen-bond donors (Lipinski definition) is 2. The summed E-state index contributed by atoms with van der Waals surface area (Å²) < 4.78 is 26.9. The number of anilines is 2. The van der Waals surface area contributed by atoms with Gasteiger partial charge in [0.2, 0.25) is 0 Å². The molecule has 3 amide bonds. The molecular weight excluding hydrogens is 479 g/mol. The van der Waals surface area contributed by atoms with Crippen molar-refractivity contribution in [2.45, 2.75) is 19.8 Å². The van der Waals surface area contributed by atoms with Crippen LogP contribution in [0.15, 0.2) is 66.9 Å². The molecule has 0 saturated carbocycles. The van der Waals surface area contributed by atoms with E-state index < -0.39 is 17.8 Å². The predicted molar refractivity (Wildman–Crippen MR) is 135 cm³/mol. The molecule has 4 rings (SSSR count). The van der Waals surface area contributed by atoms with E-state index in [9.17, 15) is 14.0 Å². The van der Waals surface area contributed by atoms with Gasteiger partial charge in [0, 0.05) is 24.4 Å². The average Bonchev–Trinajstić information content (AvgIpc) is 3.30. The number of nitrogens with two attached hydrogens (primary N) is 2. The number of rotatable bonds is 8. The second-order valence-electron chi connectivity index (χ2n) is 8.32. The molecule has 0 unspecified atom stereocenters. The van der Waals surface area contributed by atoms with E-state index in [-0.39, 0.29) is 17.4 Å². The summed E-state index contributed by atoms with van der Waals surface area (Å²) in [6, 6.07) is 14.5. The number of halogens is 1. The number of methoxy groups -OCH3 is 1. The number of hydrogen-bond acceptors (Lipinski definition) is 6. The standard InChI is InChI=1S/C26H25FN6O4/c1-15(2)20-14-24(33(31-20)17-6-4-5-16(27)11-17)32(26(29)35)22-8-7-18(13-23(22)36-3)37-19-9-10-30-21(12-19)25(28)34/h4-15H,1-3H3,(H2,28,34)(H2,29,35). The van der Waals surface area contributed by atoms with E-state index in [1.807, 2.05) is 13.8 Å². The third kappa shape index (κ3) is 5.35. The Morgan fingerprint density at radius 2 is 1.78 bits per heavy atom. The van der Waals surface area contributed by atoms with Crippen LogP contribution in [0.2, 0.25) is 0 Å². The highest BCUT2D eigenvalue weighted by molar-refractivity contribution is 5.99. The Balaban J connectivity index is 1.79. The minimum atomic E-state index is -0.805. The number of amides is 3. The van der Waals surface area contributed by atoms with Crippen molar-refractivity contribution in [2.24, 2.45) is 11.5 Å². The molecule has 0 aliphatic carbocycles. The lowest BCUT2D eigenvalue weighted by atomic mass is 10.1. The van der Waals surface area contributed by atoms with Gasteiger partial charge >= 0.3 is 6.03 Å². The Morgan fingerprint density at radius 3 is 2.43 bits per heavy atom. The van der Waals surface area contributed by atoms with Crippen molar-refractivity contribution in [2.75, 3.05) is 12.0 Å². The fourth-order valence-electron chi connectivity index (χ4n) is 3.63. The Bertz CT molecular complexity index is 1470. The Labute approximate surface area is 212 Å². The minimum absolute atomic E-state index is 0.0200. The van der Waals surface area contributed by atoms with Crippen LogP contribution in [0.25, 0.3) is 5.69 Å². The van der Waals surface area contributed by atoms with Gasteiger partial charge in [-0.25, -0.2) is 18.8 Å². The van der Waals surface area contributed by atoms with Gasteiger partial charge in [-0.05, 0) is 42.3 Å². The van der Waals surface area contributed by atoms with Gasteiger partial charge in [-0.2, -0.15) is 5.10 Å². The van der Waals surface area contributed by atoms with Crippen LogP contribution in [0, 0.1) is 5.82 Å². The maximum absolute atomic E-state index is 14.0. The van der Waals surface area contributed by atoms with Crippen molar-refractivity contribution in [1.29, 1.82) is 0 Å². The summed E-state index contributed by atoms with van der Waals surface area (Å²) in [6.45, 7) is 3.90. The number of pyridine rings is 1. The molecule has 0 spiro atoms. The van der Waals surface area contributed by atoms with Crippen LogP contribution in [0.5, 0.6) is 17.2 Å². The molecule has 0 aliphatic heterocycles. The zero-order chi connectivity index (χ0) is 26.7. The highest BCUT2D eigenvalue weighted by Gasteiger charge is 2.26. The molecule has 10 nitrogen and oxygen atoms in total. The first-order valence-corrected chi connectivity index (χ1v) is 11.2. The Morgan fingerprint density at radius 1 is 1.03 bits per heavy atom. The zero-order valence-electron chi connectivity index (χ0n) is 20.4. The topological polar surface area (TPSA) is 139 Å². The maximum Gasteiger partial charge on any atom is 0.325 e. The summed E-state index contributed by atoms with van der Waals surface area (Å²) in [6.07, 6.45) is 1.40. The van der Waals surface area contributed by atoms with Gasteiger partial charge in [0.05, 0.1) is 24.2 Å². The molecule has 4 N–H and O–H groups in total. The number of aromatic nitrogens is 3. The van der Waals surface area contributed by atoms with Gasteiger partial charge in [0.25, 0.3) is 5.91 Å². The van der Waals surface area contributed by atoms with Gasteiger partial charge in [0.15, 0.2) is 0 Å². The van der Waals surface area contributed by atoms with E-state index >= 15 is 0 Å². The second-order valence-corrected chi connectivity index (χ2v) is 8.32. The minimum Gasteiger partial charge on any atom is -0.494 e. The first-order chi connectivity index (χ1) is 17.7. The molecule has 0 aliphatic rings. The first kappa shape index (κ1) is 25.2. The first-order valence-electron chi connectivity index (χ1n) is 11.2. The zero-order valence-corrected chi connectivity index (χ0v) is 20.4. The monoisotopic (exact) mass is 504 g/mol. The molecule has 0 saturated heterocycles. The normalized spacial score (nSPS) is 10.8. The predicted octanol–water partition coefficient (Wildman–Crippen LogP) is 4.65. The molecule has 4 aromatic rings. The van der Waals surface area contributed by atoms with E-state index in [4.69, 9.17) is 20.9 Å². The second kappa shape index (κ2) is 10.4. The number of carbonyl (C=O) groups is 2. The van der Waals surface area contributed by atoms with Crippen molar-refractivity contribution >= 4 is 23.4 Å². The highest BCUT2D eigenvalue weighted by atomic mass is 19.1. The third-order valence-corrected chi connectivity index (χ3v) is 5.41. The number of primary amides is 2. The largest absolute Gasteiger partial charge is 0.494 e. The van der Waals surface area contributed by atoms with E-state index in [1.54, 1.807) is 42.5 Å². The summed E-state index contributed by atoms with van der Waals surface area (Å²) in [4.78, 5) is 29.3. The molecule has 2 heterocycles. The quantitative estimate of drug-likeness (QED) is 0.358. The van der Waals surface area contributed by atoms with Crippen LogP contribution in [0.4, 0.5) is 20.7 Å². The van der Waals surface area contributed by atoms with Crippen LogP contribution < -0.4 is 25.8 Å². The molecule has 37 heavy (non-hydrogen) atoms. The highest BCUT2D eigenvalue weighted by Crippen LogP contribution is 2.39. The number of nitrogens with zero attached hydrogens (tertiary/aromatic N) is 4. The van der Waals surface area contributed by atoms with Crippen molar-refractivity contribution in [3.05, 3.63) is 84.1 Å². The van der Waals surface area contributed by atoms with E-state index in [0.29, 0.717) is 34.4 Å². The average molecular weight is 505 g/mol. The summed E-state index contributed by atoms with van der Waals surface area (Å²) in [7, 11) is 1.43. The fourth-order valence-corrected chi connectivity index (χ4v) is 3.63. The smallest absolute Gasteiger partial charge is 0.325 e. The maximum atomic E-state index is 14.0. The van der Waals surface area contributed by atoms with Crippen LogP contribution in [0.1, 0.15) is 35.9 Å². The van der Waals surface area contributed by atoms with Crippen molar-refractivity contribution in [3.63, 3.8) is 0 Å². The Kier molecular flexibility index (Phi) is 7.05. The van der Waals surface area contributed by atoms with Gasteiger partial charge in [-0.1, -0.05) is 19.9 Å². The van der Waals surface area contributed by atoms with Crippen LogP contribution >= 0.6 is 0 Å². The molecule has 0 atom stereocenters. The lowest BCUT2D eigenvalue weighted by molar-refractivity contribution is 0.0995. The molecule has 2 aromatic carbocycles. The molecule has 0 bridgehead atoms. The van der Waals surface area contributed by atoms with Gasteiger partial charge in [-0.3, -0.25) is 9.78 Å². The molecule has 11 heteroatoms. The van der Waals surface area contributed by atoms with Gasteiger partial charge in [-0.15, -0.1) is 0 Å². The lowest BCUT2D eigenvalue weighted by Gasteiger charge is -2.23. The SMILES string of the molecule is COc1cc(Oc2ccnc(C(N)=O)c2)ccc1N(C(N)=O)c1cc(C(C)C)nn1-c1cccc(F)c1. The van der Waals surface area contributed by atoms with Gasteiger partial charge < -0.3 is 20.9 Å². The number of urea groups is 1. The Hall–Kier alpha value is -4.93. The van der Waals surface area contributed by atoms with E-state index in [1.165, 1.54) is 41.1 Å². The van der Waals surface area contributed by atoms with Crippen molar-refractivity contribution in [1.82, 2.24) is 14.8 Å². The van der Waals surface area contributed by atoms with Gasteiger partial charge in [0.1, 0.15) is 34.6 Å². The molecular formula is C26H25FN6O4. The van der Waals surface area contributed by atoms with E-state index in [2.05, 4.69) is 10.1 Å². The van der Waals surface area contributed by atoms with E-state index in [0.717, 1.165) is 0 Å². The molecule has 2 aromatic heterocycles. The summed E-state index contributed by atoms with van der Waals surface area (Å²) in [5.41, 5.74) is 12.6. The lowest BCUT2D eigenvalue weighted by Crippen LogP contribution is -2.33. The molecule has 0 fully saturated rings. The number of ether oxygens (including phenoxy) is 2. The summed E-state index contributed by atoms with van der Waals surface area (Å²) >= 11 is 0. The number of benzene rings is 2. The van der Waals surface area contributed by atoms with Crippen LogP contribution in [-0.2, 0) is 0 Å². The van der Waals surface area contributed by atoms with Crippen molar-refractivity contribution in [3.8, 4) is 22.9 Å². The van der Waals surface area contributed by atoms with Crippen LogP contribution in [-0.4, -0.2) is 33.8 Å². The molecule has 190 valence electrons. The van der Waals surface area contributed by atoms with Crippen molar-refractivity contribution < 1.29 is 23.5 Å². The third-order valence-electron chi connectivity index (χ3n) is 5.41.